The summed E-state index contributed by atoms with van der Waals surface area (Å²) < 4.78 is 9.99. The molecule has 1 heterocycles. The molecule has 1 aromatic heterocycles. The van der Waals surface area contributed by atoms with E-state index in [0.717, 1.165) is 24.2 Å². The van der Waals surface area contributed by atoms with E-state index in [9.17, 15) is 9.59 Å². The highest BCUT2D eigenvalue weighted by atomic mass is 16.5. The van der Waals surface area contributed by atoms with Gasteiger partial charge in [0.25, 0.3) is 0 Å². The van der Waals surface area contributed by atoms with Crippen LogP contribution in [0.1, 0.15) is 19.4 Å². The lowest BCUT2D eigenvalue weighted by Crippen LogP contribution is -2.21. The molecule has 0 saturated heterocycles. The molecule has 6 nitrogen and oxygen atoms in total. The van der Waals surface area contributed by atoms with Crippen molar-refractivity contribution in [3.8, 4) is 0 Å². The third-order valence-corrected chi connectivity index (χ3v) is 3.31. The molecule has 2 aromatic rings. The van der Waals surface area contributed by atoms with Gasteiger partial charge in [-0.15, -0.1) is 0 Å². The fourth-order valence-electron chi connectivity index (χ4n) is 2.27. The standard InChI is InChI=1S/C15H18N2O4/c1-3-17(4-2)11-5-6-12-10(9-20-15(16)19)7-14(18)21-13(12)8-11/h5-8H,3-4,9H2,1-2H3,(H2,16,19). The molecule has 0 radical (unpaired) electrons. The molecule has 0 aliphatic carbocycles. The number of anilines is 1. The van der Waals surface area contributed by atoms with Crippen LogP contribution in [0.5, 0.6) is 0 Å². The molecule has 6 heteroatoms. The summed E-state index contributed by atoms with van der Waals surface area (Å²) in [5.41, 5.74) is 6.49. The van der Waals surface area contributed by atoms with Crippen LogP contribution in [0.2, 0.25) is 0 Å². The fourth-order valence-corrected chi connectivity index (χ4v) is 2.27. The Kier molecular flexibility index (Phi) is 4.47. The van der Waals surface area contributed by atoms with Gasteiger partial charge in [0.05, 0.1) is 0 Å². The third-order valence-electron chi connectivity index (χ3n) is 3.31. The van der Waals surface area contributed by atoms with Crippen molar-refractivity contribution >= 4 is 22.7 Å². The Morgan fingerprint density at radius 3 is 2.62 bits per heavy atom. The molecule has 0 bridgehead atoms. The number of rotatable bonds is 5. The van der Waals surface area contributed by atoms with E-state index in [2.05, 4.69) is 18.7 Å². The maximum absolute atomic E-state index is 11.6. The molecule has 1 amide bonds. The van der Waals surface area contributed by atoms with Gasteiger partial charge >= 0.3 is 11.7 Å². The van der Waals surface area contributed by atoms with Crippen molar-refractivity contribution in [1.82, 2.24) is 0 Å². The maximum atomic E-state index is 11.6. The molecule has 2 rings (SSSR count). The molecule has 0 unspecified atom stereocenters. The molecule has 0 saturated carbocycles. The minimum atomic E-state index is -0.879. The highest BCUT2D eigenvalue weighted by Gasteiger charge is 2.10. The second kappa shape index (κ2) is 6.30. The summed E-state index contributed by atoms with van der Waals surface area (Å²) in [6.45, 7) is 5.78. The van der Waals surface area contributed by atoms with Crippen LogP contribution in [0.25, 0.3) is 11.0 Å². The highest BCUT2D eigenvalue weighted by Crippen LogP contribution is 2.24. The topological polar surface area (TPSA) is 85.8 Å². The Balaban J connectivity index is 2.48. The van der Waals surface area contributed by atoms with Gasteiger partial charge in [-0.25, -0.2) is 9.59 Å². The quantitative estimate of drug-likeness (QED) is 0.853. The first-order valence-electron chi connectivity index (χ1n) is 6.79. The van der Waals surface area contributed by atoms with E-state index in [-0.39, 0.29) is 6.61 Å². The summed E-state index contributed by atoms with van der Waals surface area (Å²) in [7, 11) is 0. The monoisotopic (exact) mass is 290 g/mol. The van der Waals surface area contributed by atoms with E-state index >= 15 is 0 Å². The van der Waals surface area contributed by atoms with Gasteiger partial charge in [0, 0.05) is 41.9 Å². The summed E-state index contributed by atoms with van der Waals surface area (Å²) in [4.78, 5) is 24.5. The number of primary amides is 1. The average Bonchev–Trinajstić information content (AvgIpc) is 2.45. The van der Waals surface area contributed by atoms with Gasteiger partial charge < -0.3 is 19.8 Å². The van der Waals surface area contributed by atoms with Crippen LogP contribution in [-0.2, 0) is 11.3 Å². The molecule has 0 aliphatic rings. The van der Waals surface area contributed by atoms with Crippen molar-refractivity contribution in [3.05, 3.63) is 40.2 Å². The summed E-state index contributed by atoms with van der Waals surface area (Å²) in [6, 6.07) is 6.93. The smallest absolute Gasteiger partial charge is 0.404 e. The Hall–Kier alpha value is -2.50. The Bertz CT molecular complexity index is 704. The van der Waals surface area contributed by atoms with Crippen LogP contribution in [0.15, 0.2) is 33.5 Å². The van der Waals surface area contributed by atoms with Crippen molar-refractivity contribution in [2.45, 2.75) is 20.5 Å². The summed E-state index contributed by atoms with van der Waals surface area (Å²) in [5, 5.41) is 0.728. The van der Waals surface area contributed by atoms with Crippen LogP contribution in [0, 0.1) is 0 Å². The fraction of sp³-hybridized carbons (Fsp3) is 0.333. The van der Waals surface area contributed by atoms with Gasteiger partial charge in [-0.05, 0) is 26.0 Å². The minimum Gasteiger partial charge on any atom is -0.445 e. The minimum absolute atomic E-state index is 0.0535. The van der Waals surface area contributed by atoms with E-state index in [4.69, 9.17) is 14.9 Å². The summed E-state index contributed by atoms with van der Waals surface area (Å²) >= 11 is 0. The lowest BCUT2D eigenvalue weighted by Gasteiger charge is -2.21. The predicted octanol–water partition coefficient (Wildman–Crippen LogP) is 2.23. The number of ether oxygens (including phenoxy) is 1. The van der Waals surface area contributed by atoms with Crippen LogP contribution in [-0.4, -0.2) is 19.2 Å². The number of fused-ring (bicyclic) bond motifs is 1. The van der Waals surface area contributed by atoms with Crippen LogP contribution >= 0.6 is 0 Å². The second-order valence-electron chi connectivity index (χ2n) is 4.55. The van der Waals surface area contributed by atoms with Crippen LogP contribution < -0.4 is 16.3 Å². The van der Waals surface area contributed by atoms with Gasteiger partial charge in [0.15, 0.2) is 0 Å². The lowest BCUT2D eigenvalue weighted by molar-refractivity contribution is 0.150. The molecular formula is C15H18N2O4. The van der Waals surface area contributed by atoms with Gasteiger partial charge in [0.2, 0.25) is 0 Å². The van der Waals surface area contributed by atoms with Crippen molar-refractivity contribution in [2.75, 3.05) is 18.0 Å². The first-order valence-corrected chi connectivity index (χ1v) is 6.79. The van der Waals surface area contributed by atoms with Crippen LogP contribution in [0.3, 0.4) is 0 Å². The van der Waals surface area contributed by atoms with Gasteiger partial charge in [-0.3, -0.25) is 0 Å². The highest BCUT2D eigenvalue weighted by molar-refractivity contribution is 5.83. The zero-order chi connectivity index (χ0) is 15.4. The van der Waals surface area contributed by atoms with Gasteiger partial charge in [0.1, 0.15) is 12.2 Å². The Labute approximate surface area is 122 Å². The molecule has 112 valence electrons. The van der Waals surface area contributed by atoms with Gasteiger partial charge in [-0.1, -0.05) is 0 Å². The normalized spacial score (nSPS) is 10.6. The molecule has 2 N–H and O–H groups in total. The van der Waals surface area contributed by atoms with E-state index < -0.39 is 11.7 Å². The number of nitrogens with two attached hydrogens (primary N) is 1. The predicted molar refractivity (Wildman–Crippen MR) is 80.4 cm³/mol. The molecule has 0 spiro atoms. The first-order chi connectivity index (χ1) is 10.0. The molecule has 21 heavy (non-hydrogen) atoms. The largest absolute Gasteiger partial charge is 0.445 e. The van der Waals surface area contributed by atoms with Crippen molar-refractivity contribution in [2.24, 2.45) is 5.73 Å². The van der Waals surface area contributed by atoms with Crippen LogP contribution in [0.4, 0.5) is 10.5 Å². The van der Waals surface area contributed by atoms with Crippen molar-refractivity contribution < 1.29 is 13.9 Å². The molecule has 1 aromatic carbocycles. The Morgan fingerprint density at radius 2 is 2.00 bits per heavy atom. The van der Waals surface area contributed by atoms with Crippen molar-refractivity contribution in [3.63, 3.8) is 0 Å². The summed E-state index contributed by atoms with van der Waals surface area (Å²) in [5.74, 6) is 0. The third kappa shape index (κ3) is 3.34. The zero-order valence-corrected chi connectivity index (χ0v) is 12.1. The van der Waals surface area contributed by atoms with E-state index in [1.54, 1.807) is 0 Å². The van der Waals surface area contributed by atoms with Crippen molar-refractivity contribution in [1.29, 1.82) is 0 Å². The van der Waals surface area contributed by atoms with E-state index in [1.807, 2.05) is 18.2 Å². The molecule has 0 atom stereocenters. The van der Waals surface area contributed by atoms with E-state index in [1.165, 1.54) is 6.07 Å². The molecule has 0 fully saturated rings. The average molecular weight is 290 g/mol. The number of benzene rings is 1. The lowest BCUT2D eigenvalue weighted by atomic mass is 10.1. The molecular weight excluding hydrogens is 272 g/mol. The van der Waals surface area contributed by atoms with Gasteiger partial charge in [-0.2, -0.15) is 0 Å². The maximum Gasteiger partial charge on any atom is 0.404 e. The second-order valence-corrected chi connectivity index (χ2v) is 4.55. The number of hydrogen-bond acceptors (Lipinski definition) is 5. The number of carbonyl (C=O) groups excluding carboxylic acids is 1. The summed E-state index contributed by atoms with van der Waals surface area (Å²) in [6.07, 6.45) is -0.879. The molecule has 0 aliphatic heterocycles. The SMILES string of the molecule is CCN(CC)c1ccc2c(COC(N)=O)cc(=O)oc2c1. The number of hydrogen-bond donors (Lipinski definition) is 1. The first kappa shape index (κ1) is 14.9. The number of carbonyl (C=O) groups is 1. The van der Waals surface area contributed by atoms with E-state index in [0.29, 0.717) is 11.1 Å². The number of amides is 1. The Morgan fingerprint density at radius 1 is 1.29 bits per heavy atom. The number of nitrogens with zero attached hydrogens (tertiary/aromatic N) is 1. The zero-order valence-electron chi connectivity index (χ0n) is 12.1.